The van der Waals surface area contributed by atoms with Crippen LogP contribution in [0.25, 0.3) is 0 Å². The van der Waals surface area contributed by atoms with E-state index in [9.17, 15) is 4.79 Å². The number of nitrogens with one attached hydrogen (secondary N) is 1. The zero-order valence-electron chi connectivity index (χ0n) is 10.8. The van der Waals surface area contributed by atoms with Gasteiger partial charge in [-0.05, 0) is 46.3 Å². The van der Waals surface area contributed by atoms with Crippen LogP contribution in [0.2, 0.25) is 0 Å². The van der Waals surface area contributed by atoms with Crippen molar-refractivity contribution in [2.45, 2.75) is 38.1 Å². The molecule has 3 N–H and O–H groups in total. The van der Waals surface area contributed by atoms with E-state index in [2.05, 4.69) is 24.3 Å². The lowest BCUT2D eigenvalue weighted by Gasteiger charge is -2.47. The average molecular weight is 227 g/mol. The predicted octanol–water partition coefficient (Wildman–Crippen LogP) is 0.572. The molecule has 0 radical (unpaired) electrons. The molecule has 4 nitrogen and oxygen atoms in total. The molecule has 0 spiro atoms. The summed E-state index contributed by atoms with van der Waals surface area (Å²) in [5.74, 6) is 0.169. The minimum absolute atomic E-state index is 0.0317. The van der Waals surface area contributed by atoms with Gasteiger partial charge in [-0.2, -0.15) is 0 Å². The molecule has 1 aliphatic carbocycles. The molecule has 0 aliphatic heterocycles. The second kappa shape index (κ2) is 5.64. The third-order valence-corrected chi connectivity index (χ3v) is 3.87. The number of carbonyl (C=O) groups is 1. The molecular formula is C12H25N3O. The summed E-state index contributed by atoms with van der Waals surface area (Å²) in [4.78, 5) is 14.0. The van der Waals surface area contributed by atoms with Crippen LogP contribution >= 0.6 is 0 Å². The van der Waals surface area contributed by atoms with Crippen molar-refractivity contribution < 1.29 is 4.79 Å². The summed E-state index contributed by atoms with van der Waals surface area (Å²) in [5, 5.41) is 3.06. The van der Waals surface area contributed by atoms with Crippen molar-refractivity contribution in [1.29, 1.82) is 0 Å². The van der Waals surface area contributed by atoms with Gasteiger partial charge in [-0.25, -0.2) is 0 Å². The van der Waals surface area contributed by atoms with Gasteiger partial charge in [-0.1, -0.05) is 6.92 Å². The number of nitrogens with two attached hydrogens (primary N) is 1. The molecule has 0 saturated heterocycles. The van der Waals surface area contributed by atoms with Crippen molar-refractivity contribution in [2.75, 3.05) is 27.2 Å². The molecule has 1 fully saturated rings. The van der Waals surface area contributed by atoms with Crippen LogP contribution in [0.3, 0.4) is 0 Å². The molecular weight excluding hydrogens is 202 g/mol. The molecule has 0 bridgehead atoms. The first kappa shape index (κ1) is 13.5. The maximum atomic E-state index is 11.8. The molecule has 0 heterocycles. The third kappa shape index (κ3) is 2.95. The Bertz CT molecular complexity index is 236. The van der Waals surface area contributed by atoms with Crippen LogP contribution in [0, 0.1) is 5.92 Å². The fourth-order valence-corrected chi connectivity index (χ4v) is 2.17. The van der Waals surface area contributed by atoms with Gasteiger partial charge in [0.15, 0.2) is 0 Å². The largest absolute Gasteiger partial charge is 0.354 e. The summed E-state index contributed by atoms with van der Waals surface area (Å²) >= 11 is 0. The van der Waals surface area contributed by atoms with Gasteiger partial charge in [0.05, 0.1) is 0 Å². The van der Waals surface area contributed by atoms with Gasteiger partial charge >= 0.3 is 0 Å². The number of likely N-dealkylation sites (N-methyl/N-ethyl adjacent to an activating group) is 1. The molecule has 1 aliphatic rings. The second-order valence-electron chi connectivity index (χ2n) is 5.17. The number of hydrogen-bond acceptors (Lipinski definition) is 3. The Kier molecular flexibility index (Phi) is 4.74. The fraction of sp³-hybridized carbons (Fsp3) is 0.917. The summed E-state index contributed by atoms with van der Waals surface area (Å²) < 4.78 is 0. The van der Waals surface area contributed by atoms with Crippen LogP contribution in [0.15, 0.2) is 0 Å². The van der Waals surface area contributed by atoms with Gasteiger partial charge in [-0.15, -0.1) is 0 Å². The van der Waals surface area contributed by atoms with Crippen LogP contribution in [0.5, 0.6) is 0 Å². The Morgan fingerprint density at radius 3 is 2.50 bits per heavy atom. The zero-order valence-corrected chi connectivity index (χ0v) is 10.8. The van der Waals surface area contributed by atoms with E-state index in [1.54, 1.807) is 0 Å². The highest BCUT2D eigenvalue weighted by atomic mass is 16.1. The van der Waals surface area contributed by atoms with E-state index in [4.69, 9.17) is 5.73 Å². The standard InChI is InChI=1S/C12H25N3O/c1-10(5-8-13)11(16)14-9-12(15(2)3)6-4-7-12/h10H,4-9,13H2,1-3H3,(H,14,16). The highest BCUT2D eigenvalue weighted by Crippen LogP contribution is 2.35. The first-order chi connectivity index (χ1) is 7.52. The molecule has 0 aromatic rings. The minimum Gasteiger partial charge on any atom is -0.354 e. The summed E-state index contributed by atoms with van der Waals surface area (Å²) in [6.45, 7) is 3.28. The minimum atomic E-state index is 0.0317. The van der Waals surface area contributed by atoms with E-state index >= 15 is 0 Å². The first-order valence-electron chi connectivity index (χ1n) is 6.17. The normalized spacial score (nSPS) is 20.3. The summed E-state index contributed by atoms with van der Waals surface area (Å²) in [5.41, 5.74) is 5.65. The van der Waals surface area contributed by atoms with Crippen molar-refractivity contribution in [3.05, 3.63) is 0 Å². The van der Waals surface area contributed by atoms with Crippen LogP contribution in [0.4, 0.5) is 0 Å². The number of hydrogen-bond donors (Lipinski definition) is 2. The highest BCUT2D eigenvalue weighted by Gasteiger charge is 2.39. The zero-order chi connectivity index (χ0) is 12.2. The summed E-state index contributed by atoms with van der Waals surface area (Å²) in [6.07, 6.45) is 4.41. The Morgan fingerprint density at radius 1 is 1.50 bits per heavy atom. The Balaban J connectivity index is 2.35. The quantitative estimate of drug-likeness (QED) is 0.697. The monoisotopic (exact) mass is 227 g/mol. The van der Waals surface area contributed by atoms with Gasteiger partial charge in [0.2, 0.25) is 5.91 Å². The van der Waals surface area contributed by atoms with Crippen LogP contribution in [0.1, 0.15) is 32.6 Å². The molecule has 4 heteroatoms. The van der Waals surface area contributed by atoms with E-state index < -0.39 is 0 Å². The maximum Gasteiger partial charge on any atom is 0.222 e. The first-order valence-corrected chi connectivity index (χ1v) is 6.17. The van der Waals surface area contributed by atoms with E-state index in [0.29, 0.717) is 6.54 Å². The van der Waals surface area contributed by atoms with Crippen molar-refractivity contribution in [3.8, 4) is 0 Å². The van der Waals surface area contributed by atoms with E-state index in [0.717, 1.165) is 13.0 Å². The number of carbonyl (C=O) groups excluding carboxylic acids is 1. The lowest BCUT2D eigenvalue weighted by atomic mass is 9.75. The van der Waals surface area contributed by atoms with Crippen molar-refractivity contribution in [1.82, 2.24) is 10.2 Å². The lowest BCUT2D eigenvalue weighted by molar-refractivity contribution is -0.125. The van der Waals surface area contributed by atoms with Gasteiger partial charge < -0.3 is 16.0 Å². The fourth-order valence-electron chi connectivity index (χ4n) is 2.17. The molecule has 16 heavy (non-hydrogen) atoms. The molecule has 1 atom stereocenters. The van der Waals surface area contributed by atoms with Crippen molar-refractivity contribution in [3.63, 3.8) is 0 Å². The van der Waals surface area contributed by atoms with E-state index in [1.807, 2.05) is 6.92 Å². The molecule has 1 amide bonds. The van der Waals surface area contributed by atoms with Gasteiger partial charge in [0.25, 0.3) is 0 Å². The molecule has 1 saturated carbocycles. The smallest absolute Gasteiger partial charge is 0.222 e. The van der Waals surface area contributed by atoms with Gasteiger partial charge in [0.1, 0.15) is 0 Å². The number of amides is 1. The Morgan fingerprint density at radius 2 is 2.12 bits per heavy atom. The van der Waals surface area contributed by atoms with Crippen LogP contribution in [-0.4, -0.2) is 43.5 Å². The molecule has 0 aromatic carbocycles. The lowest BCUT2D eigenvalue weighted by Crippen LogP contribution is -2.57. The third-order valence-electron chi connectivity index (χ3n) is 3.87. The Labute approximate surface area is 98.6 Å². The van der Waals surface area contributed by atoms with Crippen LogP contribution < -0.4 is 11.1 Å². The van der Waals surface area contributed by atoms with Crippen molar-refractivity contribution >= 4 is 5.91 Å². The second-order valence-corrected chi connectivity index (χ2v) is 5.17. The van der Waals surface area contributed by atoms with Gasteiger partial charge in [-0.3, -0.25) is 4.79 Å². The highest BCUT2D eigenvalue weighted by molar-refractivity contribution is 5.78. The predicted molar refractivity (Wildman–Crippen MR) is 66.1 cm³/mol. The van der Waals surface area contributed by atoms with Gasteiger partial charge in [0, 0.05) is 18.0 Å². The number of rotatable bonds is 6. The molecule has 94 valence electrons. The van der Waals surface area contributed by atoms with Crippen LogP contribution in [-0.2, 0) is 4.79 Å². The Hall–Kier alpha value is -0.610. The summed E-state index contributed by atoms with van der Waals surface area (Å²) in [6, 6.07) is 0. The van der Waals surface area contributed by atoms with E-state index in [-0.39, 0.29) is 17.4 Å². The number of nitrogens with zero attached hydrogens (tertiary/aromatic N) is 1. The molecule has 1 unspecified atom stereocenters. The average Bonchev–Trinajstić information content (AvgIpc) is 2.15. The topological polar surface area (TPSA) is 58.4 Å². The molecule has 0 aromatic heterocycles. The maximum absolute atomic E-state index is 11.8. The van der Waals surface area contributed by atoms with Crippen molar-refractivity contribution in [2.24, 2.45) is 11.7 Å². The SMILES string of the molecule is CC(CCN)C(=O)NCC1(N(C)C)CCC1. The summed E-state index contributed by atoms with van der Waals surface area (Å²) in [7, 11) is 4.18. The molecule has 1 rings (SSSR count). The van der Waals surface area contributed by atoms with E-state index in [1.165, 1.54) is 19.3 Å².